The Morgan fingerprint density at radius 2 is 1.83 bits per heavy atom. The van der Waals surface area contributed by atoms with Crippen molar-refractivity contribution in [2.24, 2.45) is 10.9 Å². The third-order valence-electron chi connectivity index (χ3n) is 3.50. The van der Waals surface area contributed by atoms with E-state index in [2.05, 4.69) is 27.2 Å². The summed E-state index contributed by atoms with van der Waals surface area (Å²) in [6, 6.07) is 11.1. The van der Waals surface area contributed by atoms with Crippen LogP contribution in [-0.4, -0.2) is 18.4 Å². The first-order chi connectivity index (χ1) is 11.4. The Bertz CT molecular complexity index is 771. The zero-order valence-electron chi connectivity index (χ0n) is 13.8. The van der Waals surface area contributed by atoms with Crippen LogP contribution in [0.15, 0.2) is 46.0 Å². The normalized spacial score (nSPS) is 11.2. The molecule has 2 aromatic carbocycles. The first-order valence-corrected chi connectivity index (χ1v) is 8.16. The van der Waals surface area contributed by atoms with Crippen molar-refractivity contribution in [3.05, 3.63) is 63.1 Å². The number of hydrogen-bond acceptors (Lipinski definition) is 4. The predicted octanol–water partition coefficient (Wildman–Crippen LogP) is 3.62. The van der Waals surface area contributed by atoms with Crippen LogP contribution in [-0.2, 0) is 9.63 Å². The molecular weight excluding hydrogens is 372 g/mol. The predicted molar refractivity (Wildman–Crippen MR) is 97.1 cm³/mol. The van der Waals surface area contributed by atoms with Gasteiger partial charge in [0.05, 0.1) is 0 Å². The van der Waals surface area contributed by atoms with Gasteiger partial charge in [-0.3, -0.25) is 0 Å². The monoisotopic (exact) mass is 390 g/mol. The van der Waals surface area contributed by atoms with Crippen molar-refractivity contribution in [2.45, 2.75) is 20.8 Å². The molecule has 0 aromatic heterocycles. The minimum absolute atomic E-state index is 0.124. The van der Waals surface area contributed by atoms with Crippen LogP contribution in [0.25, 0.3) is 0 Å². The van der Waals surface area contributed by atoms with Crippen LogP contribution in [0.4, 0.5) is 0 Å². The fourth-order valence-electron chi connectivity index (χ4n) is 2.09. The van der Waals surface area contributed by atoms with E-state index in [0.717, 1.165) is 21.2 Å². The summed E-state index contributed by atoms with van der Waals surface area (Å²) in [5.41, 5.74) is 9.61. The van der Waals surface area contributed by atoms with E-state index in [4.69, 9.17) is 15.3 Å². The van der Waals surface area contributed by atoms with Crippen LogP contribution < -0.4 is 10.5 Å². The van der Waals surface area contributed by atoms with Crippen molar-refractivity contribution in [2.75, 3.05) is 6.61 Å². The van der Waals surface area contributed by atoms with Crippen LogP contribution in [0.3, 0.4) is 0 Å². The molecular formula is C18H19BrN2O3. The van der Waals surface area contributed by atoms with Gasteiger partial charge in [-0.05, 0) is 55.7 Å². The number of nitrogens with zero attached hydrogens (tertiary/aromatic N) is 1. The van der Waals surface area contributed by atoms with Crippen LogP contribution >= 0.6 is 15.9 Å². The number of carbonyl (C=O) groups is 1. The molecule has 0 saturated heterocycles. The number of halogens is 1. The molecule has 0 aliphatic rings. The third kappa shape index (κ3) is 4.83. The summed E-state index contributed by atoms with van der Waals surface area (Å²) in [6.07, 6.45) is 0. The standard InChI is InChI=1S/C18H19BrN2O3/c1-11-8-12(2)13(3)16(9-11)23-10-17(22)24-21-18(20)14-4-6-15(19)7-5-14/h4-9H,10H2,1-3H3,(H2,20,21). The zero-order valence-corrected chi connectivity index (χ0v) is 15.4. The van der Waals surface area contributed by atoms with Gasteiger partial charge in [0.15, 0.2) is 12.4 Å². The number of aryl methyl sites for hydroxylation is 2. The van der Waals surface area contributed by atoms with Gasteiger partial charge >= 0.3 is 5.97 Å². The van der Waals surface area contributed by atoms with E-state index in [1.54, 1.807) is 12.1 Å². The molecule has 5 nitrogen and oxygen atoms in total. The number of hydrogen-bond donors (Lipinski definition) is 1. The molecule has 0 aliphatic carbocycles. The van der Waals surface area contributed by atoms with Gasteiger partial charge in [-0.15, -0.1) is 0 Å². The van der Waals surface area contributed by atoms with E-state index in [-0.39, 0.29) is 12.4 Å². The molecule has 24 heavy (non-hydrogen) atoms. The third-order valence-corrected chi connectivity index (χ3v) is 4.02. The average molecular weight is 391 g/mol. The molecule has 0 saturated carbocycles. The minimum atomic E-state index is -0.617. The van der Waals surface area contributed by atoms with Crippen molar-refractivity contribution >= 4 is 27.7 Å². The Labute approximate surface area is 149 Å². The Balaban J connectivity index is 1.94. The molecule has 0 radical (unpaired) electrons. The van der Waals surface area contributed by atoms with Crippen molar-refractivity contribution < 1.29 is 14.4 Å². The number of amidine groups is 1. The Morgan fingerprint density at radius 1 is 1.17 bits per heavy atom. The topological polar surface area (TPSA) is 73.9 Å². The van der Waals surface area contributed by atoms with Gasteiger partial charge in [-0.25, -0.2) is 4.79 Å². The second-order valence-electron chi connectivity index (χ2n) is 5.44. The number of oxime groups is 1. The lowest BCUT2D eigenvalue weighted by Gasteiger charge is -2.11. The highest BCUT2D eigenvalue weighted by molar-refractivity contribution is 9.10. The van der Waals surface area contributed by atoms with Crippen LogP contribution in [0.2, 0.25) is 0 Å². The summed E-state index contributed by atoms with van der Waals surface area (Å²) in [7, 11) is 0. The number of benzene rings is 2. The van der Waals surface area contributed by atoms with Gasteiger partial charge in [0, 0.05) is 10.0 Å². The summed E-state index contributed by atoms with van der Waals surface area (Å²) in [5, 5.41) is 3.64. The highest BCUT2D eigenvalue weighted by Gasteiger charge is 2.09. The molecule has 2 rings (SSSR count). The van der Waals surface area contributed by atoms with E-state index in [1.165, 1.54) is 0 Å². The van der Waals surface area contributed by atoms with Crippen molar-refractivity contribution in [3.63, 3.8) is 0 Å². The molecule has 126 valence electrons. The van der Waals surface area contributed by atoms with Gasteiger partial charge in [0.2, 0.25) is 0 Å². The molecule has 6 heteroatoms. The van der Waals surface area contributed by atoms with E-state index >= 15 is 0 Å². The highest BCUT2D eigenvalue weighted by Crippen LogP contribution is 2.23. The smallest absolute Gasteiger partial charge is 0.372 e. The SMILES string of the molecule is Cc1cc(C)c(C)c(OCC(=O)O/N=C(/N)c2ccc(Br)cc2)c1. The molecule has 0 atom stereocenters. The summed E-state index contributed by atoms with van der Waals surface area (Å²) < 4.78 is 6.45. The maximum Gasteiger partial charge on any atom is 0.372 e. The second-order valence-corrected chi connectivity index (χ2v) is 6.36. The Hall–Kier alpha value is -2.34. The molecule has 0 unspecified atom stereocenters. The van der Waals surface area contributed by atoms with Crippen molar-refractivity contribution in [1.29, 1.82) is 0 Å². The second kappa shape index (κ2) is 7.97. The summed E-state index contributed by atoms with van der Waals surface area (Å²) in [4.78, 5) is 16.6. The van der Waals surface area contributed by atoms with Crippen LogP contribution in [0.1, 0.15) is 22.3 Å². The van der Waals surface area contributed by atoms with Gasteiger partial charge in [-0.1, -0.05) is 39.3 Å². The fraction of sp³-hybridized carbons (Fsp3) is 0.222. The molecule has 0 spiro atoms. The number of carbonyl (C=O) groups excluding carboxylic acids is 1. The Morgan fingerprint density at radius 3 is 2.50 bits per heavy atom. The highest BCUT2D eigenvalue weighted by atomic mass is 79.9. The first-order valence-electron chi connectivity index (χ1n) is 7.36. The molecule has 0 bridgehead atoms. The molecule has 0 amide bonds. The molecule has 2 aromatic rings. The number of rotatable bonds is 5. The fourth-order valence-corrected chi connectivity index (χ4v) is 2.35. The quantitative estimate of drug-likeness (QED) is 0.366. The maximum atomic E-state index is 11.8. The van der Waals surface area contributed by atoms with Crippen molar-refractivity contribution in [3.8, 4) is 5.75 Å². The molecule has 0 heterocycles. The average Bonchev–Trinajstić information content (AvgIpc) is 2.55. The number of nitrogens with two attached hydrogens (primary N) is 1. The van der Waals surface area contributed by atoms with Gasteiger partial charge < -0.3 is 15.3 Å². The van der Waals surface area contributed by atoms with E-state index in [0.29, 0.717) is 11.3 Å². The Kier molecular flexibility index (Phi) is 5.98. The summed E-state index contributed by atoms with van der Waals surface area (Å²) in [6.45, 7) is 5.68. The first kappa shape index (κ1) is 18.0. The van der Waals surface area contributed by atoms with Gasteiger partial charge in [0.25, 0.3) is 0 Å². The molecule has 2 N–H and O–H groups in total. The maximum absolute atomic E-state index is 11.8. The largest absolute Gasteiger partial charge is 0.482 e. The summed E-state index contributed by atoms with van der Waals surface area (Å²) >= 11 is 3.33. The molecule has 0 fully saturated rings. The minimum Gasteiger partial charge on any atom is -0.482 e. The van der Waals surface area contributed by atoms with Crippen LogP contribution in [0, 0.1) is 20.8 Å². The molecule has 0 aliphatic heterocycles. The van der Waals surface area contributed by atoms with E-state index in [9.17, 15) is 4.79 Å². The van der Waals surface area contributed by atoms with Crippen molar-refractivity contribution in [1.82, 2.24) is 0 Å². The van der Waals surface area contributed by atoms with E-state index < -0.39 is 5.97 Å². The lowest BCUT2D eigenvalue weighted by Crippen LogP contribution is -2.18. The van der Waals surface area contributed by atoms with Gasteiger partial charge in [0.1, 0.15) is 5.75 Å². The summed E-state index contributed by atoms with van der Waals surface area (Å²) in [5.74, 6) is 0.168. The zero-order chi connectivity index (χ0) is 17.7. The van der Waals surface area contributed by atoms with Gasteiger partial charge in [-0.2, -0.15) is 0 Å². The van der Waals surface area contributed by atoms with Crippen LogP contribution in [0.5, 0.6) is 5.75 Å². The lowest BCUT2D eigenvalue weighted by molar-refractivity contribution is -0.146. The van der Waals surface area contributed by atoms with E-state index in [1.807, 2.05) is 39.0 Å². The lowest BCUT2D eigenvalue weighted by atomic mass is 10.1. The number of ether oxygens (including phenoxy) is 1.